The zero-order chi connectivity index (χ0) is 15.7. The molecule has 1 aromatic heterocycles. The molecule has 1 unspecified atom stereocenters. The van der Waals surface area contributed by atoms with Gasteiger partial charge in [-0.3, -0.25) is 0 Å². The average Bonchev–Trinajstić information content (AvgIpc) is 2.84. The number of fused-ring (bicyclic) bond motifs is 1. The minimum Gasteiger partial charge on any atom is -0.486 e. The lowest BCUT2D eigenvalue weighted by molar-refractivity contribution is 0.171. The predicted molar refractivity (Wildman–Crippen MR) is 96.5 cm³/mol. The van der Waals surface area contributed by atoms with Crippen LogP contribution >= 0.6 is 35.3 Å². The number of benzene rings is 1. The molecule has 1 N–H and O–H groups in total. The van der Waals surface area contributed by atoms with Crippen LogP contribution in [0.15, 0.2) is 12.1 Å². The molecule has 4 nitrogen and oxygen atoms in total. The standard InChI is InChI=1S/C16H19ClN2O2S.ClH/c1-9(16-10(2)19-11(3)22-16)18-8-12-6-13(17)15-14(7-12)20-4-5-21-15;/h6-7,9,18H,4-5,8H2,1-3H3;1H. The summed E-state index contributed by atoms with van der Waals surface area (Å²) in [6.45, 7) is 8.07. The number of nitrogens with one attached hydrogen (secondary N) is 1. The van der Waals surface area contributed by atoms with Gasteiger partial charge in [-0.2, -0.15) is 0 Å². The number of nitrogens with zero attached hydrogens (tertiary/aromatic N) is 1. The van der Waals surface area contributed by atoms with E-state index in [4.69, 9.17) is 21.1 Å². The van der Waals surface area contributed by atoms with Crippen LogP contribution in [0.4, 0.5) is 0 Å². The number of aromatic nitrogens is 1. The first-order valence-corrected chi connectivity index (χ1v) is 8.49. The molecule has 0 amide bonds. The van der Waals surface area contributed by atoms with Crippen LogP contribution in [0.3, 0.4) is 0 Å². The number of hydrogen-bond acceptors (Lipinski definition) is 5. The van der Waals surface area contributed by atoms with Crippen molar-refractivity contribution in [2.45, 2.75) is 33.4 Å². The van der Waals surface area contributed by atoms with Crippen LogP contribution in [0.25, 0.3) is 0 Å². The largest absolute Gasteiger partial charge is 0.486 e. The lowest BCUT2D eigenvalue weighted by Crippen LogP contribution is -2.19. The highest BCUT2D eigenvalue weighted by Crippen LogP contribution is 2.38. The summed E-state index contributed by atoms with van der Waals surface area (Å²) in [5.41, 5.74) is 2.18. The Labute approximate surface area is 151 Å². The third-order valence-electron chi connectivity index (χ3n) is 3.60. The first-order chi connectivity index (χ1) is 10.5. The fraction of sp³-hybridized carbons (Fsp3) is 0.438. The molecule has 0 saturated heterocycles. The van der Waals surface area contributed by atoms with Crippen LogP contribution in [-0.4, -0.2) is 18.2 Å². The molecule has 0 fully saturated rings. The van der Waals surface area contributed by atoms with Crippen LogP contribution in [-0.2, 0) is 6.54 Å². The Hall–Kier alpha value is -1.01. The molecule has 1 aliphatic heterocycles. The molecular weight excluding hydrogens is 355 g/mol. The normalized spacial score (nSPS) is 14.3. The second kappa shape index (κ2) is 7.71. The molecule has 1 atom stereocenters. The Morgan fingerprint density at radius 2 is 2.04 bits per heavy atom. The second-order valence-corrected chi connectivity index (χ2v) is 7.03. The summed E-state index contributed by atoms with van der Waals surface area (Å²) >= 11 is 8.01. The van der Waals surface area contributed by atoms with Gasteiger partial charge < -0.3 is 14.8 Å². The van der Waals surface area contributed by atoms with E-state index >= 15 is 0 Å². The van der Waals surface area contributed by atoms with Gasteiger partial charge in [0.2, 0.25) is 0 Å². The van der Waals surface area contributed by atoms with Crippen molar-refractivity contribution in [1.82, 2.24) is 10.3 Å². The smallest absolute Gasteiger partial charge is 0.179 e. The van der Waals surface area contributed by atoms with Gasteiger partial charge in [0.25, 0.3) is 0 Å². The van der Waals surface area contributed by atoms with Crippen molar-refractivity contribution in [2.24, 2.45) is 0 Å². The first kappa shape index (κ1) is 18.3. The number of thiazole rings is 1. The van der Waals surface area contributed by atoms with Crippen molar-refractivity contribution >= 4 is 35.3 Å². The van der Waals surface area contributed by atoms with Gasteiger partial charge in [0.05, 0.1) is 15.7 Å². The van der Waals surface area contributed by atoms with Gasteiger partial charge in [0.1, 0.15) is 13.2 Å². The monoisotopic (exact) mass is 374 g/mol. The van der Waals surface area contributed by atoms with E-state index in [0.717, 1.165) is 22.0 Å². The fourth-order valence-electron chi connectivity index (χ4n) is 2.58. The predicted octanol–water partition coefficient (Wildman–Crippen LogP) is 4.46. The molecule has 0 spiro atoms. The summed E-state index contributed by atoms with van der Waals surface area (Å²) in [5, 5.41) is 5.22. The molecule has 0 bridgehead atoms. The zero-order valence-corrected chi connectivity index (χ0v) is 15.7. The fourth-order valence-corrected chi connectivity index (χ4v) is 3.82. The number of halogens is 2. The minimum atomic E-state index is 0. The van der Waals surface area contributed by atoms with E-state index in [1.165, 1.54) is 4.88 Å². The summed E-state index contributed by atoms with van der Waals surface area (Å²) < 4.78 is 11.2. The zero-order valence-electron chi connectivity index (χ0n) is 13.3. The Kier molecular flexibility index (Phi) is 6.14. The van der Waals surface area contributed by atoms with Gasteiger partial charge in [0, 0.05) is 17.5 Å². The van der Waals surface area contributed by atoms with Crippen molar-refractivity contribution in [1.29, 1.82) is 0 Å². The number of hydrogen-bond donors (Lipinski definition) is 1. The molecule has 126 valence electrons. The molecule has 1 aliphatic rings. The highest BCUT2D eigenvalue weighted by Gasteiger charge is 2.17. The first-order valence-electron chi connectivity index (χ1n) is 7.30. The molecule has 23 heavy (non-hydrogen) atoms. The summed E-state index contributed by atoms with van der Waals surface area (Å²) in [6.07, 6.45) is 0. The average molecular weight is 375 g/mol. The molecule has 2 heterocycles. The quantitative estimate of drug-likeness (QED) is 0.857. The Morgan fingerprint density at radius 3 is 2.74 bits per heavy atom. The van der Waals surface area contributed by atoms with Crippen LogP contribution in [0.5, 0.6) is 11.5 Å². The molecule has 0 saturated carbocycles. The Bertz CT molecular complexity index is 691. The van der Waals surface area contributed by atoms with Crippen molar-refractivity contribution in [2.75, 3.05) is 13.2 Å². The maximum atomic E-state index is 6.27. The van der Waals surface area contributed by atoms with E-state index in [2.05, 4.69) is 24.1 Å². The minimum absolute atomic E-state index is 0. The SMILES string of the molecule is Cc1nc(C)c(C(C)NCc2cc(Cl)c3c(c2)OCCO3)s1.Cl. The highest BCUT2D eigenvalue weighted by atomic mass is 35.5. The van der Waals surface area contributed by atoms with Crippen LogP contribution < -0.4 is 14.8 Å². The van der Waals surface area contributed by atoms with Crippen molar-refractivity contribution in [3.8, 4) is 11.5 Å². The third-order valence-corrected chi connectivity index (χ3v) is 5.14. The van der Waals surface area contributed by atoms with Gasteiger partial charge in [0.15, 0.2) is 11.5 Å². The van der Waals surface area contributed by atoms with Gasteiger partial charge >= 0.3 is 0 Å². The summed E-state index contributed by atoms with van der Waals surface area (Å²) in [4.78, 5) is 5.76. The van der Waals surface area contributed by atoms with E-state index in [9.17, 15) is 0 Å². The number of rotatable bonds is 4. The van der Waals surface area contributed by atoms with Crippen LogP contribution in [0.1, 0.15) is 34.1 Å². The van der Waals surface area contributed by atoms with Gasteiger partial charge in [-0.15, -0.1) is 23.7 Å². The molecule has 3 rings (SSSR count). The Morgan fingerprint density at radius 1 is 1.30 bits per heavy atom. The van der Waals surface area contributed by atoms with Crippen molar-refractivity contribution in [3.63, 3.8) is 0 Å². The molecule has 2 aromatic rings. The molecule has 1 aromatic carbocycles. The lowest BCUT2D eigenvalue weighted by atomic mass is 10.1. The maximum absolute atomic E-state index is 6.27. The molecule has 0 radical (unpaired) electrons. The molecule has 0 aliphatic carbocycles. The van der Waals surface area contributed by atoms with Crippen LogP contribution in [0, 0.1) is 13.8 Å². The van der Waals surface area contributed by atoms with Gasteiger partial charge in [-0.05, 0) is 38.5 Å². The topological polar surface area (TPSA) is 43.4 Å². The van der Waals surface area contributed by atoms with Gasteiger partial charge in [-0.1, -0.05) is 11.6 Å². The van der Waals surface area contributed by atoms with Gasteiger partial charge in [-0.25, -0.2) is 4.98 Å². The number of ether oxygens (including phenoxy) is 2. The summed E-state index contributed by atoms with van der Waals surface area (Å²) in [7, 11) is 0. The Balaban J connectivity index is 0.00000192. The van der Waals surface area contributed by atoms with E-state index < -0.39 is 0 Å². The molecule has 7 heteroatoms. The van der Waals surface area contributed by atoms with E-state index in [1.54, 1.807) is 11.3 Å². The second-order valence-electron chi connectivity index (χ2n) is 5.39. The van der Waals surface area contributed by atoms with E-state index in [-0.39, 0.29) is 18.4 Å². The van der Waals surface area contributed by atoms with Crippen LogP contribution in [0.2, 0.25) is 5.02 Å². The van der Waals surface area contributed by atoms with Crippen molar-refractivity contribution in [3.05, 3.63) is 38.3 Å². The third kappa shape index (κ3) is 4.10. The van der Waals surface area contributed by atoms with E-state index in [1.807, 2.05) is 19.1 Å². The highest BCUT2D eigenvalue weighted by molar-refractivity contribution is 7.11. The number of aryl methyl sites for hydroxylation is 2. The summed E-state index contributed by atoms with van der Waals surface area (Å²) in [6, 6.07) is 4.17. The summed E-state index contributed by atoms with van der Waals surface area (Å²) in [5.74, 6) is 1.38. The molecular formula is C16H20Cl2N2O2S. The lowest BCUT2D eigenvalue weighted by Gasteiger charge is -2.21. The maximum Gasteiger partial charge on any atom is 0.179 e. The van der Waals surface area contributed by atoms with E-state index in [0.29, 0.717) is 30.5 Å². The van der Waals surface area contributed by atoms with Crippen molar-refractivity contribution < 1.29 is 9.47 Å².